The van der Waals surface area contributed by atoms with Crippen LogP contribution < -0.4 is 0 Å². The van der Waals surface area contributed by atoms with E-state index < -0.39 is 18.4 Å². The zero-order valence-corrected chi connectivity index (χ0v) is 20.0. The molecule has 0 aromatic heterocycles. The van der Waals surface area contributed by atoms with E-state index in [0.717, 1.165) is 6.42 Å². The van der Waals surface area contributed by atoms with Gasteiger partial charge in [0.1, 0.15) is 18.6 Å². The lowest BCUT2D eigenvalue weighted by atomic mass is 9.91. The maximum Gasteiger partial charge on any atom is 0.236 e. The summed E-state index contributed by atoms with van der Waals surface area (Å²) in [4.78, 5) is 48.5. The van der Waals surface area contributed by atoms with E-state index in [4.69, 9.17) is 38.3 Å². The summed E-state index contributed by atoms with van der Waals surface area (Å²) >= 11 is 0. The van der Waals surface area contributed by atoms with Gasteiger partial charge in [-0.3, -0.25) is 29.0 Å². The predicted molar refractivity (Wildman–Crippen MR) is 138 cm³/mol. The molecular formula is C24H52N2O8. The number of hydrogen-bond donors (Lipinski definition) is 2. The number of nitrogens with zero attached hydrogens (tertiary/aromatic N) is 2. The van der Waals surface area contributed by atoms with E-state index in [1.807, 2.05) is 0 Å². The van der Waals surface area contributed by atoms with Crippen LogP contribution in [0.3, 0.4) is 0 Å². The number of ketones is 2. The zero-order valence-electron chi connectivity index (χ0n) is 36.0. The van der Waals surface area contributed by atoms with E-state index in [1.54, 1.807) is 18.0 Å². The second-order valence-electron chi connectivity index (χ2n) is 9.31. The molecule has 10 heteroatoms. The van der Waals surface area contributed by atoms with Crippen molar-refractivity contribution in [2.24, 2.45) is 17.8 Å². The molecule has 0 aromatic rings. The molecule has 206 valence electrons. The van der Waals surface area contributed by atoms with E-state index in [1.165, 1.54) is 23.3 Å². The van der Waals surface area contributed by atoms with Gasteiger partial charge in [-0.1, -0.05) is 27.7 Å². The van der Waals surface area contributed by atoms with Crippen molar-refractivity contribution in [3.05, 3.63) is 24.6 Å². The number of allylic oxidation sites excluding steroid dienone is 2. The van der Waals surface area contributed by atoms with Crippen LogP contribution in [0.5, 0.6) is 0 Å². The van der Waals surface area contributed by atoms with Crippen LogP contribution in [0.15, 0.2) is 24.6 Å². The SMILES string of the molecule is CC1[C@H](N2C=CC(=O)CC2=O)O[C@H](CO)[C@H]1O.CC[C@H]1O[C@@H](N2C=CC(=O)CC2=O)C(C)[C@@H]1C.[2HH].[2H][2H].[2H][2H].[2H][2H].[2H][2H].[2H][2H].[2H][2H].[2H][2H].[2H][2H]. The molecule has 0 aromatic carbocycles. The second-order valence-corrected chi connectivity index (χ2v) is 9.31. The summed E-state index contributed by atoms with van der Waals surface area (Å²) in [5.41, 5.74) is 0. The molecule has 8 atom stereocenters. The number of ether oxygens (including phenoxy) is 2. The third-order valence-corrected chi connectivity index (χ3v) is 7.06. The normalized spacial score (nSPS) is 39.8. The van der Waals surface area contributed by atoms with Gasteiger partial charge in [0.2, 0.25) is 11.8 Å². The van der Waals surface area contributed by atoms with Gasteiger partial charge in [0.25, 0.3) is 0 Å². The molecule has 4 rings (SSSR count). The van der Waals surface area contributed by atoms with Gasteiger partial charge in [0.05, 0.1) is 31.7 Å². The lowest BCUT2D eigenvalue weighted by Crippen LogP contribution is -2.42. The van der Waals surface area contributed by atoms with E-state index in [0.29, 0.717) is 11.8 Å². The molecule has 4 aliphatic rings. The first-order chi connectivity index (χ1) is 24.1. The number of aliphatic hydroxyl groups excluding tert-OH is 2. The number of amides is 2. The Hall–Kier alpha value is -2.40. The van der Waals surface area contributed by atoms with Crippen LogP contribution in [-0.2, 0) is 28.7 Å². The van der Waals surface area contributed by atoms with Gasteiger partial charge in [-0.05, 0) is 24.5 Å². The number of hydrogen-bond acceptors (Lipinski definition) is 8. The van der Waals surface area contributed by atoms with E-state index in [2.05, 4.69) is 20.8 Å². The maximum absolute atomic E-state index is 11.8. The van der Waals surface area contributed by atoms with Crippen LogP contribution in [0, 0.1) is 17.8 Å². The molecule has 34 heavy (non-hydrogen) atoms. The summed E-state index contributed by atoms with van der Waals surface area (Å²) in [6.07, 6.45) is 4.32. The Bertz CT molecular complexity index is 848. The highest BCUT2D eigenvalue weighted by Gasteiger charge is 2.45. The van der Waals surface area contributed by atoms with Crippen LogP contribution in [0.4, 0.5) is 0 Å². The number of rotatable bonds is 4. The summed E-state index contributed by atoms with van der Waals surface area (Å²) < 4.78 is 91.3. The molecule has 2 unspecified atom stereocenters. The second kappa shape index (κ2) is 10.9. The van der Waals surface area contributed by atoms with E-state index in [-0.39, 0.29) is 62.5 Å². The third kappa shape index (κ3) is 5.30. The molecule has 0 radical (unpaired) electrons. The van der Waals surface area contributed by atoms with Crippen molar-refractivity contribution in [1.82, 2.24) is 9.80 Å². The van der Waals surface area contributed by atoms with Gasteiger partial charge in [0, 0.05) is 49.4 Å². The molecule has 0 aliphatic carbocycles. The molecule has 4 heterocycles. The first kappa shape index (κ1) is 17.1. The lowest BCUT2D eigenvalue weighted by Gasteiger charge is -2.30. The lowest BCUT2D eigenvalue weighted by molar-refractivity contribution is -0.146. The van der Waals surface area contributed by atoms with Crippen molar-refractivity contribution in [2.75, 3.05) is 6.61 Å². The number of carbonyl (C=O) groups excluding carboxylic acids is 4. The molecule has 4 aliphatic heterocycles. The maximum atomic E-state index is 11.8. The molecule has 10 nitrogen and oxygen atoms in total. The smallest absolute Gasteiger partial charge is 0.236 e. The largest absolute Gasteiger partial charge is 0.394 e. The fraction of sp³-hybridized carbons (Fsp3) is 0.667. The Morgan fingerprint density at radius 2 is 1.35 bits per heavy atom. The quantitative estimate of drug-likeness (QED) is 0.548. The van der Waals surface area contributed by atoms with Crippen LogP contribution >= 0.6 is 0 Å². The summed E-state index contributed by atoms with van der Waals surface area (Å²) in [6.45, 7) is 7.79. The molecule has 2 saturated heterocycles. The highest BCUT2D eigenvalue weighted by atomic mass is 16.5. The molecule has 2 amide bonds. The van der Waals surface area contributed by atoms with E-state index >= 15 is 0 Å². The van der Waals surface area contributed by atoms with Crippen molar-refractivity contribution < 1.29 is 64.0 Å². The van der Waals surface area contributed by atoms with Crippen LogP contribution in [0.1, 0.15) is 72.1 Å². The molecule has 2 N–H and O–H groups in total. The summed E-state index contributed by atoms with van der Waals surface area (Å²) in [7, 11) is 0. The first-order valence-electron chi connectivity index (χ1n) is 19.7. The highest BCUT2D eigenvalue weighted by Crippen LogP contribution is 2.36. The average Bonchev–Trinajstić information content (AvgIpc) is 3.64. The minimum absolute atomic E-state index is 0. The Balaban J connectivity index is -0.000000108. The molecule has 2 fully saturated rings. The Morgan fingerprint density at radius 3 is 1.74 bits per heavy atom. The molecular weight excluding hydrogens is 444 g/mol. The van der Waals surface area contributed by atoms with Crippen LogP contribution in [0.2, 0.25) is 0 Å². The third-order valence-electron chi connectivity index (χ3n) is 7.06. The van der Waals surface area contributed by atoms with Crippen molar-refractivity contribution in [3.63, 3.8) is 0 Å². The van der Waals surface area contributed by atoms with Crippen LogP contribution in [-0.4, -0.2) is 80.8 Å². The fourth-order valence-electron chi connectivity index (χ4n) is 4.72. The van der Waals surface area contributed by atoms with E-state index in [9.17, 15) is 24.3 Å². The highest BCUT2D eigenvalue weighted by molar-refractivity contribution is 6.06. The zero-order chi connectivity index (χ0) is 41.2. The van der Waals surface area contributed by atoms with Crippen LogP contribution in [0.25, 0.3) is 0 Å². The standard InChI is InChI=1S/C13H19NO3.C11H15NO5.9H2/c1-4-11-8(2)9(3)13(17-11)14-6-5-10(15)7-12(14)16;1-6-10(16)8(5-13)17-11(6)12-3-2-7(14)4-9(12)15;;;;;;;;;/h5-6,8-9,11,13H,4,7H2,1-3H3;2-3,6,8,10-11,13,16H,4-5H2,1H3;9*1H/t8-,9?,11+,13+;6?,8-,10+,11-;;;;;;;;;/m01........./s1/i;;8*1+1D;1+1. The van der Waals surface area contributed by atoms with Crippen molar-refractivity contribution in [2.45, 2.75) is 77.7 Å². The average molecular weight is 514 g/mol. The topological polar surface area (TPSA) is 134 Å². The van der Waals surface area contributed by atoms with Gasteiger partial charge >= 0.3 is 0 Å². The predicted octanol–water partition coefficient (Wildman–Crippen LogP) is 2.94. The Kier molecular flexibility index (Phi) is 5.48. The minimum atomic E-state index is -0.816. The van der Waals surface area contributed by atoms with Gasteiger partial charge in [-0.2, -0.15) is 0 Å². The molecule has 0 spiro atoms. The Morgan fingerprint density at radius 1 is 0.882 bits per heavy atom. The van der Waals surface area contributed by atoms with Gasteiger partial charge in [-0.25, -0.2) is 0 Å². The summed E-state index contributed by atoms with van der Waals surface area (Å²) in [5, 5.41) is 18.8. The van der Waals surface area contributed by atoms with Crippen molar-refractivity contribution >= 4 is 23.4 Å². The monoisotopic (exact) mass is 513 g/mol. The number of aliphatic hydroxyl groups is 2. The minimum Gasteiger partial charge on any atom is -0.394 e. The molecule has 0 bridgehead atoms. The van der Waals surface area contributed by atoms with Gasteiger partial charge < -0.3 is 19.7 Å². The fourth-order valence-corrected chi connectivity index (χ4v) is 4.72. The number of carbonyl (C=O) groups is 4. The first-order valence-corrected chi connectivity index (χ1v) is 11.7. The Labute approximate surface area is 225 Å². The van der Waals surface area contributed by atoms with Gasteiger partial charge in [-0.15, -0.1) is 0 Å². The summed E-state index contributed by atoms with van der Waals surface area (Å²) in [5.74, 6) is -0.453. The van der Waals surface area contributed by atoms with Crippen molar-refractivity contribution in [1.29, 1.82) is 0 Å². The van der Waals surface area contributed by atoms with Crippen molar-refractivity contribution in [3.8, 4) is 0 Å². The molecule has 0 saturated carbocycles. The summed E-state index contributed by atoms with van der Waals surface area (Å²) in [6, 6.07) is 0. The van der Waals surface area contributed by atoms with Gasteiger partial charge in [0.15, 0.2) is 11.6 Å².